The van der Waals surface area contributed by atoms with E-state index in [1.807, 2.05) is 55.5 Å². The topological polar surface area (TPSA) is 104 Å². The highest BCUT2D eigenvalue weighted by Crippen LogP contribution is 2.40. The predicted octanol–water partition coefficient (Wildman–Crippen LogP) is 9.15. The Bertz CT molecular complexity index is 2130. The first-order valence-electron chi connectivity index (χ1n) is 16.7. The van der Waals surface area contributed by atoms with Gasteiger partial charge < -0.3 is 19.1 Å². The summed E-state index contributed by atoms with van der Waals surface area (Å²) in [5, 5.41) is 11.9. The van der Waals surface area contributed by atoms with Crippen LogP contribution in [0.1, 0.15) is 72.8 Å². The number of aliphatic carboxylic acids is 1. The van der Waals surface area contributed by atoms with Gasteiger partial charge in [0.2, 0.25) is 5.88 Å². The highest BCUT2D eigenvalue weighted by atomic mass is 32.1. The fraction of sp³-hybridized carbons (Fsp3) is 0.300. The quantitative estimate of drug-likeness (QED) is 0.129. The van der Waals surface area contributed by atoms with Crippen LogP contribution in [0.2, 0.25) is 0 Å². The van der Waals surface area contributed by atoms with E-state index in [0.29, 0.717) is 23.7 Å². The lowest BCUT2D eigenvalue weighted by Gasteiger charge is -2.26. The number of Topliss-reactive ketones (excluding diaryl/α,β-unsaturated/α-hetero) is 1. The summed E-state index contributed by atoms with van der Waals surface area (Å²) in [7, 11) is 1.59. The lowest BCUT2D eigenvalue weighted by molar-refractivity contribution is -0.146. The number of methoxy groups -OCH3 is 1. The number of hydrogen-bond donors (Lipinski definition) is 1. The molecule has 6 aromatic rings. The van der Waals surface area contributed by atoms with Crippen molar-refractivity contribution in [3.8, 4) is 22.8 Å². The summed E-state index contributed by atoms with van der Waals surface area (Å²) in [5.41, 5.74) is 5.13. The maximum absolute atomic E-state index is 14.3. The number of pyridine rings is 1. The lowest BCUT2D eigenvalue weighted by atomic mass is 9.78. The normalized spacial score (nSPS) is 14.1. The van der Waals surface area contributed by atoms with Crippen LogP contribution in [0.4, 0.5) is 0 Å². The smallest absolute Gasteiger partial charge is 0.309 e. The van der Waals surface area contributed by atoms with Crippen LogP contribution in [0, 0.1) is 11.3 Å². The number of carbonyl (C=O) groups excluding carboxylic acids is 1. The van der Waals surface area contributed by atoms with E-state index >= 15 is 0 Å². The fourth-order valence-corrected chi connectivity index (χ4v) is 7.39. The summed E-state index contributed by atoms with van der Waals surface area (Å²) in [6.45, 7) is 5.91. The van der Waals surface area contributed by atoms with Crippen LogP contribution in [0.25, 0.3) is 32.2 Å². The molecule has 0 saturated heterocycles. The predicted molar refractivity (Wildman–Crippen MR) is 193 cm³/mol. The molecule has 1 atom stereocenters. The Morgan fingerprint density at radius 1 is 1.02 bits per heavy atom. The van der Waals surface area contributed by atoms with Crippen LogP contribution in [0.5, 0.6) is 11.6 Å². The van der Waals surface area contributed by atoms with E-state index in [0.717, 1.165) is 67.8 Å². The highest BCUT2D eigenvalue weighted by Gasteiger charge is 2.36. The van der Waals surface area contributed by atoms with E-state index < -0.39 is 11.4 Å². The Morgan fingerprint density at radius 3 is 2.43 bits per heavy atom. The Labute approximate surface area is 289 Å². The number of ether oxygens (including phenoxy) is 2. The maximum Gasteiger partial charge on any atom is 0.309 e. The minimum atomic E-state index is -1.09. The molecule has 3 aromatic heterocycles. The van der Waals surface area contributed by atoms with Gasteiger partial charge in [-0.25, -0.2) is 9.97 Å². The van der Waals surface area contributed by atoms with Gasteiger partial charge in [0.05, 0.1) is 22.7 Å². The minimum absolute atomic E-state index is 0.0608. The van der Waals surface area contributed by atoms with Crippen molar-refractivity contribution in [3.63, 3.8) is 0 Å². The molecule has 3 aromatic carbocycles. The molecule has 9 heteroatoms. The number of carbonyl (C=O) groups is 2. The molecule has 7 rings (SSSR count). The van der Waals surface area contributed by atoms with E-state index in [4.69, 9.17) is 14.5 Å². The van der Waals surface area contributed by atoms with Crippen LogP contribution < -0.4 is 9.47 Å². The van der Waals surface area contributed by atoms with Crippen molar-refractivity contribution >= 4 is 44.2 Å². The largest absolute Gasteiger partial charge is 0.484 e. The first kappa shape index (κ1) is 32.5. The molecule has 0 radical (unpaired) electrons. The van der Waals surface area contributed by atoms with E-state index in [-0.39, 0.29) is 24.2 Å². The van der Waals surface area contributed by atoms with Crippen LogP contribution in [-0.4, -0.2) is 38.5 Å². The number of fused-ring (bicyclic) bond motifs is 2. The van der Waals surface area contributed by atoms with Crippen molar-refractivity contribution in [2.75, 3.05) is 7.11 Å². The van der Waals surface area contributed by atoms with Crippen molar-refractivity contribution < 1.29 is 24.2 Å². The minimum Gasteiger partial charge on any atom is -0.484 e. The van der Waals surface area contributed by atoms with E-state index in [9.17, 15) is 14.7 Å². The molecule has 1 N–H and O–H groups in total. The van der Waals surface area contributed by atoms with Gasteiger partial charge in [-0.05, 0) is 81.1 Å². The zero-order chi connectivity index (χ0) is 34.3. The zero-order valence-electron chi connectivity index (χ0n) is 28.1. The van der Waals surface area contributed by atoms with Gasteiger partial charge in [-0.1, -0.05) is 42.8 Å². The van der Waals surface area contributed by atoms with Crippen LogP contribution in [0.3, 0.4) is 0 Å². The second kappa shape index (κ2) is 13.1. The molecule has 0 bridgehead atoms. The molecule has 0 spiro atoms. The first-order valence-corrected chi connectivity index (χ1v) is 17.5. The van der Waals surface area contributed by atoms with Crippen molar-refractivity contribution in [2.24, 2.45) is 11.3 Å². The van der Waals surface area contributed by atoms with Crippen molar-refractivity contribution in [1.29, 1.82) is 0 Å². The number of carboxylic acid groups (broad SMARTS) is 1. The molecule has 8 nitrogen and oxygen atoms in total. The summed E-state index contributed by atoms with van der Waals surface area (Å²) in [6, 6.07) is 26.0. The van der Waals surface area contributed by atoms with Crippen LogP contribution in [0.15, 0.2) is 85.1 Å². The molecule has 3 heterocycles. The third kappa shape index (κ3) is 6.43. The van der Waals surface area contributed by atoms with Crippen LogP contribution in [-0.2, 0) is 17.8 Å². The van der Waals surface area contributed by atoms with Gasteiger partial charge in [0.15, 0.2) is 5.78 Å². The molecule has 0 amide bonds. The number of aromatic nitrogens is 3. The van der Waals surface area contributed by atoms with Gasteiger partial charge in [-0.15, -0.1) is 11.3 Å². The van der Waals surface area contributed by atoms with E-state index in [1.165, 1.54) is 0 Å². The molecule has 1 saturated carbocycles. The summed E-state index contributed by atoms with van der Waals surface area (Å²) < 4.78 is 14.9. The fourth-order valence-electron chi connectivity index (χ4n) is 6.44. The van der Waals surface area contributed by atoms with E-state index in [2.05, 4.69) is 39.9 Å². The number of nitrogens with zero attached hydrogens (tertiary/aromatic N) is 3. The second-order valence-corrected chi connectivity index (χ2v) is 14.6. The molecule has 1 aliphatic rings. The SMILES string of the molecule is COc1ccc(-c2ccc(Cn3c(CC(C)(C)C(=O)O)c(C(=O)C4CCC4)c4cc(OC(C)c5nc6ccccc6s5)ccc43)cc2)cn1. The molecular formula is C40H39N3O5S. The van der Waals surface area contributed by atoms with Gasteiger partial charge >= 0.3 is 5.97 Å². The number of para-hydroxylation sites is 1. The molecule has 1 aliphatic carbocycles. The average molecular weight is 674 g/mol. The summed E-state index contributed by atoms with van der Waals surface area (Å²) in [6.07, 6.45) is 4.41. The first-order chi connectivity index (χ1) is 23.6. The number of carboxylic acids is 1. The number of rotatable bonds is 12. The Balaban J connectivity index is 1.30. The Kier molecular flexibility index (Phi) is 8.71. The van der Waals surface area contributed by atoms with Crippen molar-refractivity contribution in [1.82, 2.24) is 14.5 Å². The summed E-state index contributed by atoms with van der Waals surface area (Å²) in [5.74, 6) is 0.320. The number of ketones is 1. The lowest BCUT2D eigenvalue weighted by Crippen LogP contribution is -2.29. The standard InChI is InChI=1S/C40H39N3O5S/c1-24(38-42-31-10-5-6-11-34(31)49-38)48-29-17-18-32-30(20-29)36(37(44)27-8-7-9-27)33(21-40(2,3)39(45)46)43(32)23-25-12-14-26(15-13-25)28-16-19-35(47-4)41-22-28/h5-6,10-20,22,24,27H,7-9,21,23H2,1-4H3,(H,45,46). The molecule has 1 unspecified atom stereocenters. The third-order valence-electron chi connectivity index (χ3n) is 9.60. The second-order valence-electron chi connectivity index (χ2n) is 13.5. The van der Waals surface area contributed by atoms with Crippen molar-refractivity contribution in [2.45, 2.75) is 59.1 Å². The number of thiazole rings is 1. The van der Waals surface area contributed by atoms with Gasteiger partial charge in [-0.3, -0.25) is 9.59 Å². The van der Waals surface area contributed by atoms with Gasteiger partial charge in [-0.2, -0.15) is 0 Å². The van der Waals surface area contributed by atoms with Gasteiger partial charge in [0.25, 0.3) is 0 Å². The van der Waals surface area contributed by atoms with E-state index in [1.54, 1.807) is 38.5 Å². The van der Waals surface area contributed by atoms with Gasteiger partial charge in [0.1, 0.15) is 16.9 Å². The molecule has 0 aliphatic heterocycles. The molecule has 1 fully saturated rings. The average Bonchev–Trinajstić information content (AvgIpc) is 3.63. The molecule has 250 valence electrons. The molecule has 49 heavy (non-hydrogen) atoms. The summed E-state index contributed by atoms with van der Waals surface area (Å²) >= 11 is 1.61. The van der Waals surface area contributed by atoms with Crippen molar-refractivity contribution in [3.05, 3.63) is 107 Å². The van der Waals surface area contributed by atoms with Crippen LogP contribution >= 0.6 is 11.3 Å². The third-order valence-corrected chi connectivity index (χ3v) is 10.8. The maximum atomic E-state index is 14.3. The van der Waals surface area contributed by atoms with Gasteiger partial charge in [0, 0.05) is 58.9 Å². The Hall–Kier alpha value is -5.02. The highest BCUT2D eigenvalue weighted by molar-refractivity contribution is 7.18. The Morgan fingerprint density at radius 2 is 1.78 bits per heavy atom. The summed E-state index contributed by atoms with van der Waals surface area (Å²) in [4.78, 5) is 35.8. The zero-order valence-corrected chi connectivity index (χ0v) is 28.9. The molecular weight excluding hydrogens is 635 g/mol. The number of hydrogen-bond acceptors (Lipinski definition) is 7. The number of benzene rings is 3. The monoisotopic (exact) mass is 673 g/mol.